The molecule has 0 radical (unpaired) electrons. The lowest BCUT2D eigenvalue weighted by Gasteiger charge is -2.19. The Kier molecular flexibility index (Phi) is 4.78. The summed E-state index contributed by atoms with van der Waals surface area (Å²) in [5.74, 6) is -0.967. The van der Waals surface area contributed by atoms with Crippen molar-refractivity contribution in [2.75, 3.05) is 6.54 Å². The lowest BCUT2D eigenvalue weighted by atomic mass is 10.1. The molecule has 1 amide bonds. The number of rotatable bonds is 6. The highest BCUT2D eigenvalue weighted by atomic mass is 16.4. The molecule has 0 heterocycles. The summed E-state index contributed by atoms with van der Waals surface area (Å²) in [6.07, 6.45) is 5.32. The van der Waals surface area contributed by atoms with E-state index in [4.69, 9.17) is 5.11 Å². The molecule has 0 spiro atoms. The van der Waals surface area contributed by atoms with Crippen LogP contribution in [0, 0.1) is 13.8 Å². The second-order valence-corrected chi connectivity index (χ2v) is 5.60. The van der Waals surface area contributed by atoms with Crippen molar-refractivity contribution in [2.24, 2.45) is 0 Å². The number of hydrogen-bond acceptors (Lipinski definition) is 2. The number of aryl methyl sites for hydroxylation is 2. The van der Waals surface area contributed by atoms with Crippen LogP contribution in [0.4, 0.5) is 0 Å². The highest BCUT2D eigenvalue weighted by molar-refractivity contribution is 5.92. The minimum absolute atomic E-state index is 0.000358. The number of carbonyl (C=O) groups is 2. The second-order valence-electron chi connectivity index (χ2n) is 5.60. The van der Waals surface area contributed by atoms with E-state index < -0.39 is 5.97 Å². The summed E-state index contributed by atoms with van der Waals surface area (Å²) in [5.41, 5.74) is 3.34. The summed E-state index contributed by atoms with van der Waals surface area (Å²) < 4.78 is 0. The molecule has 1 N–H and O–H groups in total. The van der Waals surface area contributed by atoms with Crippen molar-refractivity contribution in [3.63, 3.8) is 0 Å². The number of nitrogens with zero attached hydrogens (tertiary/aromatic N) is 1. The lowest BCUT2D eigenvalue weighted by Crippen LogP contribution is -2.33. The van der Waals surface area contributed by atoms with Crippen LogP contribution in [0.5, 0.6) is 0 Å². The van der Waals surface area contributed by atoms with Crippen molar-refractivity contribution < 1.29 is 14.7 Å². The summed E-state index contributed by atoms with van der Waals surface area (Å²) >= 11 is 0. The molecule has 0 saturated heterocycles. The monoisotopic (exact) mass is 287 g/mol. The summed E-state index contributed by atoms with van der Waals surface area (Å²) in [7, 11) is 0. The third-order valence-electron chi connectivity index (χ3n) is 3.67. The van der Waals surface area contributed by atoms with Gasteiger partial charge in [-0.25, -0.2) is 0 Å². The Morgan fingerprint density at radius 2 is 2.05 bits per heavy atom. The summed E-state index contributed by atoms with van der Waals surface area (Å²) in [6.45, 7) is 4.34. The predicted molar refractivity (Wildman–Crippen MR) is 81.9 cm³/mol. The maximum atomic E-state index is 12.2. The van der Waals surface area contributed by atoms with Gasteiger partial charge in [-0.2, -0.15) is 0 Å². The Hall–Kier alpha value is -2.10. The number of carbonyl (C=O) groups excluding carboxylic acids is 1. The van der Waals surface area contributed by atoms with Crippen LogP contribution in [0.15, 0.2) is 24.3 Å². The first-order chi connectivity index (χ1) is 9.97. The summed E-state index contributed by atoms with van der Waals surface area (Å²) in [5, 5.41) is 8.76. The van der Waals surface area contributed by atoms with E-state index in [9.17, 15) is 9.59 Å². The smallest absolute Gasteiger partial charge is 0.305 e. The summed E-state index contributed by atoms with van der Waals surface area (Å²) in [4.78, 5) is 24.6. The molecule has 0 bridgehead atoms. The minimum atomic E-state index is -0.869. The van der Waals surface area contributed by atoms with Crippen LogP contribution < -0.4 is 0 Å². The van der Waals surface area contributed by atoms with Gasteiger partial charge in [-0.15, -0.1) is 0 Å². The SMILES string of the molecule is Cc1ccc(/C=C/C(=O)N(CCC(=O)O)C2CC2)c(C)c1. The zero-order valence-electron chi connectivity index (χ0n) is 12.5. The Labute approximate surface area is 125 Å². The minimum Gasteiger partial charge on any atom is -0.481 e. The van der Waals surface area contributed by atoms with Crippen LogP contribution in [-0.4, -0.2) is 34.5 Å². The molecule has 1 fully saturated rings. The Balaban J connectivity index is 2.03. The van der Waals surface area contributed by atoms with Gasteiger partial charge < -0.3 is 10.0 Å². The highest BCUT2D eigenvalue weighted by Gasteiger charge is 2.31. The third-order valence-corrected chi connectivity index (χ3v) is 3.67. The Morgan fingerprint density at radius 3 is 2.62 bits per heavy atom. The van der Waals surface area contributed by atoms with E-state index in [0.29, 0.717) is 0 Å². The largest absolute Gasteiger partial charge is 0.481 e. The molecule has 0 aromatic heterocycles. The second kappa shape index (κ2) is 6.57. The van der Waals surface area contributed by atoms with Gasteiger partial charge in [-0.05, 0) is 43.9 Å². The van der Waals surface area contributed by atoms with E-state index in [0.717, 1.165) is 24.0 Å². The zero-order valence-corrected chi connectivity index (χ0v) is 12.5. The molecular weight excluding hydrogens is 266 g/mol. The van der Waals surface area contributed by atoms with Crippen LogP contribution >= 0.6 is 0 Å². The number of hydrogen-bond donors (Lipinski definition) is 1. The fraction of sp³-hybridized carbons (Fsp3) is 0.412. The molecule has 21 heavy (non-hydrogen) atoms. The quantitative estimate of drug-likeness (QED) is 0.818. The highest BCUT2D eigenvalue weighted by Crippen LogP contribution is 2.27. The first-order valence-corrected chi connectivity index (χ1v) is 7.25. The fourth-order valence-corrected chi connectivity index (χ4v) is 2.34. The zero-order chi connectivity index (χ0) is 15.4. The molecular formula is C17H21NO3. The molecule has 4 heteroatoms. The van der Waals surface area contributed by atoms with E-state index in [1.165, 1.54) is 5.56 Å². The number of aliphatic carboxylic acids is 1. The molecule has 1 aromatic rings. The molecule has 0 unspecified atom stereocenters. The molecule has 1 aliphatic carbocycles. The van der Waals surface area contributed by atoms with Crippen LogP contribution in [0.1, 0.15) is 36.0 Å². The number of amides is 1. The first kappa shape index (κ1) is 15.3. The van der Waals surface area contributed by atoms with Crippen molar-refractivity contribution in [3.05, 3.63) is 41.0 Å². The van der Waals surface area contributed by atoms with Gasteiger partial charge in [-0.3, -0.25) is 9.59 Å². The molecule has 1 aromatic carbocycles. The average molecular weight is 287 g/mol. The maximum absolute atomic E-state index is 12.2. The summed E-state index contributed by atoms with van der Waals surface area (Å²) in [6, 6.07) is 6.31. The first-order valence-electron chi connectivity index (χ1n) is 7.25. The lowest BCUT2D eigenvalue weighted by molar-refractivity contribution is -0.138. The topological polar surface area (TPSA) is 57.6 Å². The van der Waals surface area contributed by atoms with E-state index in [-0.39, 0.29) is 24.9 Å². The van der Waals surface area contributed by atoms with E-state index in [1.807, 2.05) is 32.1 Å². The molecule has 4 nitrogen and oxygen atoms in total. The van der Waals surface area contributed by atoms with E-state index in [2.05, 4.69) is 6.07 Å². The standard InChI is InChI=1S/C17H21NO3/c1-12-3-4-14(13(2)11-12)5-8-16(19)18(15-6-7-15)10-9-17(20)21/h3-5,8,11,15H,6-7,9-10H2,1-2H3,(H,20,21)/b8-5+. The number of carboxylic acids is 1. The number of carboxylic acid groups (broad SMARTS) is 1. The van der Waals surface area contributed by atoms with Gasteiger partial charge in [-0.1, -0.05) is 23.8 Å². The molecule has 0 aliphatic heterocycles. The van der Waals surface area contributed by atoms with Crippen molar-refractivity contribution in [3.8, 4) is 0 Å². The van der Waals surface area contributed by atoms with E-state index in [1.54, 1.807) is 11.0 Å². The molecule has 1 aliphatic rings. The van der Waals surface area contributed by atoms with Crippen LogP contribution in [0.3, 0.4) is 0 Å². The van der Waals surface area contributed by atoms with Crippen molar-refractivity contribution in [2.45, 2.75) is 39.2 Å². The van der Waals surface area contributed by atoms with Crippen LogP contribution in [-0.2, 0) is 9.59 Å². The van der Waals surface area contributed by atoms with Crippen molar-refractivity contribution >= 4 is 18.0 Å². The maximum Gasteiger partial charge on any atom is 0.305 e. The third kappa shape index (κ3) is 4.45. The van der Waals surface area contributed by atoms with Crippen LogP contribution in [0.2, 0.25) is 0 Å². The predicted octanol–water partition coefficient (Wildman–Crippen LogP) is 2.78. The van der Waals surface area contributed by atoms with Crippen molar-refractivity contribution in [1.82, 2.24) is 4.90 Å². The molecule has 1 saturated carbocycles. The number of benzene rings is 1. The fourth-order valence-electron chi connectivity index (χ4n) is 2.34. The van der Waals surface area contributed by atoms with Gasteiger partial charge in [0.15, 0.2) is 0 Å². The van der Waals surface area contributed by atoms with Crippen molar-refractivity contribution in [1.29, 1.82) is 0 Å². The molecule has 2 rings (SSSR count). The normalized spacial score (nSPS) is 14.4. The molecule has 0 atom stereocenters. The Bertz CT molecular complexity index is 573. The Morgan fingerprint density at radius 1 is 1.33 bits per heavy atom. The van der Waals surface area contributed by atoms with Gasteiger partial charge >= 0.3 is 5.97 Å². The van der Waals surface area contributed by atoms with Gasteiger partial charge in [0.2, 0.25) is 5.91 Å². The van der Waals surface area contributed by atoms with Gasteiger partial charge in [0.25, 0.3) is 0 Å². The van der Waals surface area contributed by atoms with Gasteiger partial charge in [0.05, 0.1) is 6.42 Å². The van der Waals surface area contributed by atoms with Gasteiger partial charge in [0.1, 0.15) is 0 Å². The van der Waals surface area contributed by atoms with E-state index >= 15 is 0 Å². The van der Waals surface area contributed by atoms with Gasteiger partial charge in [0, 0.05) is 18.7 Å². The average Bonchev–Trinajstić information content (AvgIpc) is 3.22. The van der Waals surface area contributed by atoms with Crippen LogP contribution in [0.25, 0.3) is 6.08 Å². The molecule has 112 valence electrons.